The summed E-state index contributed by atoms with van der Waals surface area (Å²) in [6.45, 7) is 8.88. The minimum absolute atomic E-state index is 0.0314. The number of benzene rings is 1. The summed E-state index contributed by atoms with van der Waals surface area (Å²) in [7, 11) is 0. The fourth-order valence-electron chi connectivity index (χ4n) is 3.76. The van der Waals surface area contributed by atoms with Crippen molar-refractivity contribution in [2.45, 2.75) is 63.3 Å². The SMILES string of the molecule is CCN(CC)c1ccc(-c2nnc(SC(C)C(=O)NCC3CCCCC3)o2)cc1. The molecule has 1 heterocycles. The van der Waals surface area contributed by atoms with Crippen LogP contribution in [-0.2, 0) is 4.79 Å². The number of hydrogen-bond donors (Lipinski definition) is 1. The molecule has 1 aliphatic carbocycles. The second kappa shape index (κ2) is 10.7. The Balaban J connectivity index is 1.53. The molecule has 0 aliphatic heterocycles. The van der Waals surface area contributed by atoms with Crippen LogP contribution >= 0.6 is 11.8 Å². The molecule has 1 aromatic carbocycles. The van der Waals surface area contributed by atoms with Gasteiger partial charge in [-0.05, 0) is 63.8 Å². The van der Waals surface area contributed by atoms with Crippen molar-refractivity contribution in [1.82, 2.24) is 15.5 Å². The lowest BCUT2D eigenvalue weighted by Gasteiger charge is -2.22. The first kappa shape index (κ1) is 21.7. The molecular weight excluding hydrogens is 384 g/mol. The van der Waals surface area contributed by atoms with Crippen molar-refractivity contribution in [3.8, 4) is 11.5 Å². The highest BCUT2D eigenvalue weighted by atomic mass is 32.2. The Morgan fingerprint density at radius 3 is 2.52 bits per heavy atom. The zero-order valence-corrected chi connectivity index (χ0v) is 18.5. The molecule has 1 aromatic heterocycles. The third-order valence-electron chi connectivity index (χ3n) is 5.59. The minimum atomic E-state index is -0.267. The van der Waals surface area contributed by atoms with Gasteiger partial charge in [-0.15, -0.1) is 10.2 Å². The van der Waals surface area contributed by atoms with Gasteiger partial charge >= 0.3 is 0 Å². The fraction of sp³-hybridized carbons (Fsp3) is 0.591. The maximum absolute atomic E-state index is 12.4. The minimum Gasteiger partial charge on any atom is -0.411 e. The number of hydrogen-bond acceptors (Lipinski definition) is 6. The molecule has 158 valence electrons. The molecule has 0 bridgehead atoms. The van der Waals surface area contributed by atoms with Gasteiger partial charge in [-0.1, -0.05) is 31.0 Å². The quantitative estimate of drug-likeness (QED) is 0.594. The van der Waals surface area contributed by atoms with Crippen LogP contribution in [0.3, 0.4) is 0 Å². The summed E-state index contributed by atoms with van der Waals surface area (Å²) < 4.78 is 5.79. The number of carbonyl (C=O) groups is 1. The average molecular weight is 417 g/mol. The molecule has 0 saturated heterocycles. The first-order valence-corrected chi connectivity index (χ1v) is 11.6. The van der Waals surface area contributed by atoms with Gasteiger partial charge < -0.3 is 14.6 Å². The van der Waals surface area contributed by atoms with Crippen LogP contribution in [0.1, 0.15) is 52.9 Å². The van der Waals surface area contributed by atoms with Gasteiger partial charge in [0.05, 0.1) is 5.25 Å². The number of amides is 1. The highest BCUT2D eigenvalue weighted by Gasteiger charge is 2.20. The number of carbonyl (C=O) groups excluding carboxylic acids is 1. The maximum Gasteiger partial charge on any atom is 0.277 e. The topological polar surface area (TPSA) is 71.3 Å². The molecule has 1 N–H and O–H groups in total. The Hall–Kier alpha value is -2.02. The van der Waals surface area contributed by atoms with E-state index in [-0.39, 0.29) is 11.2 Å². The van der Waals surface area contributed by atoms with E-state index in [1.165, 1.54) is 49.6 Å². The molecule has 1 amide bonds. The second-order valence-corrected chi connectivity index (χ2v) is 8.89. The molecule has 7 heteroatoms. The lowest BCUT2D eigenvalue weighted by atomic mass is 9.89. The third-order valence-corrected chi connectivity index (χ3v) is 6.52. The van der Waals surface area contributed by atoms with Crippen LogP contribution < -0.4 is 10.2 Å². The number of nitrogens with one attached hydrogen (secondary N) is 1. The third kappa shape index (κ3) is 5.98. The van der Waals surface area contributed by atoms with Crippen molar-refractivity contribution >= 4 is 23.4 Å². The molecule has 1 saturated carbocycles. The molecule has 2 aromatic rings. The maximum atomic E-state index is 12.4. The van der Waals surface area contributed by atoms with Crippen molar-refractivity contribution in [1.29, 1.82) is 0 Å². The molecule has 1 atom stereocenters. The zero-order chi connectivity index (χ0) is 20.6. The van der Waals surface area contributed by atoms with Crippen molar-refractivity contribution in [2.24, 2.45) is 5.92 Å². The van der Waals surface area contributed by atoms with E-state index in [0.29, 0.717) is 17.0 Å². The number of nitrogens with zero attached hydrogens (tertiary/aromatic N) is 3. The van der Waals surface area contributed by atoms with Crippen molar-refractivity contribution in [3.05, 3.63) is 24.3 Å². The van der Waals surface area contributed by atoms with Crippen LogP contribution in [0.5, 0.6) is 0 Å². The van der Waals surface area contributed by atoms with Gasteiger partial charge in [0, 0.05) is 30.9 Å². The van der Waals surface area contributed by atoms with Gasteiger partial charge in [0.25, 0.3) is 5.22 Å². The van der Waals surface area contributed by atoms with Crippen LogP contribution in [0.4, 0.5) is 5.69 Å². The van der Waals surface area contributed by atoms with E-state index in [1.807, 2.05) is 19.1 Å². The summed E-state index contributed by atoms with van der Waals surface area (Å²) in [5.41, 5.74) is 2.06. The van der Waals surface area contributed by atoms with E-state index in [4.69, 9.17) is 4.42 Å². The molecule has 1 aliphatic rings. The Morgan fingerprint density at radius 1 is 1.17 bits per heavy atom. The Labute approximate surface area is 177 Å². The Bertz CT molecular complexity index is 767. The standard InChI is InChI=1S/C22H32N4O2S/c1-4-26(5-2)19-13-11-18(12-14-19)21-24-25-22(28-21)29-16(3)20(27)23-15-17-9-7-6-8-10-17/h11-14,16-17H,4-10,15H2,1-3H3,(H,23,27). The average Bonchev–Trinajstić information content (AvgIpc) is 3.22. The van der Waals surface area contributed by atoms with Gasteiger partial charge in [-0.2, -0.15) is 0 Å². The number of aromatic nitrogens is 2. The summed E-state index contributed by atoms with van der Waals surface area (Å²) >= 11 is 1.31. The lowest BCUT2D eigenvalue weighted by Crippen LogP contribution is -2.35. The molecule has 29 heavy (non-hydrogen) atoms. The number of thioether (sulfide) groups is 1. The summed E-state index contributed by atoms with van der Waals surface area (Å²) in [6, 6.07) is 8.13. The summed E-state index contributed by atoms with van der Waals surface area (Å²) in [6.07, 6.45) is 6.34. The molecule has 0 radical (unpaired) electrons. The van der Waals surface area contributed by atoms with Gasteiger partial charge in [-0.25, -0.2) is 0 Å². The predicted molar refractivity (Wildman–Crippen MR) is 118 cm³/mol. The number of rotatable bonds is 9. The first-order chi connectivity index (χ1) is 14.1. The smallest absolute Gasteiger partial charge is 0.277 e. The van der Waals surface area contributed by atoms with E-state index >= 15 is 0 Å². The normalized spacial score (nSPS) is 15.8. The van der Waals surface area contributed by atoms with E-state index in [2.05, 4.69) is 46.4 Å². The van der Waals surface area contributed by atoms with Crippen molar-refractivity contribution in [2.75, 3.05) is 24.5 Å². The van der Waals surface area contributed by atoms with Crippen LogP contribution in [0, 0.1) is 5.92 Å². The van der Waals surface area contributed by atoms with Gasteiger partial charge in [-0.3, -0.25) is 4.79 Å². The van der Waals surface area contributed by atoms with E-state index in [0.717, 1.165) is 25.2 Å². The fourth-order valence-corrected chi connectivity index (χ4v) is 4.47. The van der Waals surface area contributed by atoms with Gasteiger partial charge in [0.1, 0.15) is 0 Å². The molecule has 1 fully saturated rings. The summed E-state index contributed by atoms with van der Waals surface area (Å²) in [5.74, 6) is 1.14. The van der Waals surface area contributed by atoms with Crippen LogP contribution in [0.25, 0.3) is 11.5 Å². The largest absolute Gasteiger partial charge is 0.411 e. The molecule has 6 nitrogen and oxygen atoms in total. The summed E-state index contributed by atoms with van der Waals surface area (Å²) in [4.78, 5) is 14.7. The lowest BCUT2D eigenvalue weighted by molar-refractivity contribution is -0.120. The van der Waals surface area contributed by atoms with Crippen molar-refractivity contribution < 1.29 is 9.21 Å². The van der Waals surface area contributed by atoms with Crippen molar-refractivity contribution in [3.63, 3.8) is 0 Å². The molecular formula is C22H32N4O2S. The monoisotopic (exact) mass is 416 g/mol. The molecule has 1 unspecified atom stereocenters. The first-order valence-electron chi connectivity index (χ1n) is 10.7. The van der Waals surface area contributed by atoms with E-state index in [1.54, 1.807) is 0 Å². The second-order valence-electron chi connectivity index (χ2n) is 7.60. The summed E-state index contributed by atoms with van der Waals surface area (Å²) in [5, 5.41) is 11.5. The van der Waals surface area contributed by atoms with Gasteiger partial charge in [0.2, 0.25) is 11.8 Å². The van der Waals surface area contributed by atoms with E-state index in [9.17, 15) is 4.79 Å². The highest BCUT2D eigenvalue weighted by molar-refractivity contribution is 8.00. The molecule has 3 rings (SSSR count). The predicted octanol–water partition coefficient (Wildman–Crippen LogP) is 4.76. The Morgan fingerprint density at radius 2 is 1.86 bits per heavy atom. The van der Waals surface area contributed by atoms with Crippen LogP contribution in [-0.4, -0.2) is 41.0 Å². The molecule has 0 spiro atoms. The zero-order valence-electron chi connectivity index (χ0n) is 17.7. The number of anilines is 1. The van der Waals surface area contributed by atoms with Crippen LogP contribution in [0.15, 0.2) is 33.9 Å². The van der Waals surface area contributed by atoms with Crippen LogP contribution in [0.2, 0.25) is 0 Å². The Kier molecular flexibility index (Phi) is 7.98. The highest BCUT2D eigenvalue weighted by Crippen LogP contribution is 2.28. The van der Waals surface area contributed by atoms with E-state index < -0.39 is 0 Å². The van der Waals surface area contributed by atoms with Gasteiger partial charge in [0.15, 0.2) is 0 Å².